The molecule has 1 aromatic heterocycles. The number of aromatic nitrogens is 2. The number of rotatable bonds is 16. The zero-order chi connectivity index (χ0) is 23.2. The minimum atomic E-state index is -0.140. The molecule has 33 heavy (non-hydrogen) atoms. The lowest BCUT2D eigenvalue weighted by Gasteiger charge is -2.21. The van der Waals surface area contributed by atoms with Crippen LogP contribution in [0, 0.1) is 0 Å². The lowest BCUT2D eigenvalue weighted by Crippen LogP contribution is -2.29. The van der Waals surface area contributed by atoms with Crippen molar-refractivity contribution in [1.82, 2.24) is 14.5 Å². The third-order valence-electron chi connectivity index (χ3n) is 5.64. The van der Waals surface area contributed by atoms with Gasteiger partial charge in [-0.3, -0.25) is 9.36 Å². The highest BCUT2D eigenvalue weighted by atomic mass is 35.5. The maximum Gasteiger partial charge on any atom is 0.265 e. The first-order valence-corrected chi connectivity index (χ1v) is 13.4. The molecule has 2 aromatic rings. The predicted octanol–water partition coefficient (Wildman–Crippen LogP) is 6.48. The number of thioether (sulfide) groups is 1. The van der Waals surface area contributed by atoms with Crippen LogP contribution in [0.5, 0.6) is 5.88 Å². The summed E-state index contributed by atoms with van der Waals surface area (Å²) in [5.74, 6) is 0.729. The van der Waals surface area contributed by atoms with E-state index < -0.39 is 0 Å². The van der Waals surface area contributed by atoms with Crippen molar-refractivity contribution in [3.8, 4) is 11.6 Å². The van der Waals surface area contributed by atoms with E-state index in [0.29, 0.717) is 17.1 Å². The molecule has 7 heteroatoms. The van der Waals surface area contributed by atoms with E-state index in [0.717, 1.165) is 56.8 Å². The summed E-state index contributed by atoms with van der Waals surface area (Å²) in [5.41, 5.74) is 1.10. The summed E-state index contributed by atoms with van der Waals surface area (Å²) in [6.07, 6.45) is 9.70. The van der Waals surface area contributed by atoms with E-state index >= 15 is 0 Å². The van der Waals surface area contributed by atoms with Gasteiger partial charge in [0.2, 0.25) is 5.88 Å². The molecule has 0 aliphatic heterocycles. The summed E-state index contributed by atoms with van der Waals surface area (Å²) in [5, 5.41) is 11.2. The van der Waals surface area contributed by atoms with Gasteiger partial charge in [-0.15, -0.1) is 12.4 Å². The van der Waals surface area contributed by atoms with Crippen LogP contribution in [0.3, 0.4) is 0 Å². The van der Waals surface area contributed by atoms with Crippen molar-refractivity contribution in [3.63, 3.8) is 0 Å². The summed E-state index contributed by atoms with van der Waals surface area (Å²) in [6, 6.07) is 9.67. The van der Waals surface area contributed by atoms with Gasteiger partial charge in [0.15, 0.2) is 5.16 Å². The minimum Gasteiger partial charge on any atom is -0.493 e. The Balaban J connectivity index is 0.00000544. The van der Waals surface area contributed by atoms with Gasteiger partial charge in [-0.25, -0.2) is 0 Å². The van der Waals surface area contributed by atoms with E-state index in [4.69, 9.17) is 0 Å². The fourth-order valence-corrected chi connectivity index (χ4v) is 4.96. The van der Waals surface area contributed by atoms with Crippen LogP contribution in [0.25, 0.3) is 5.69 Å². The van der Waals surface area contributed by atoms with Gasteiger partial charge in [-0.1, -0.05) is 82.8 Å². The fraction of sp³-hybridized carbons (Fsp3) is 0.615. The Labute approximate surface area is 210 Å². The van der Waals surface area contributed by atoms with E-state index in [2.05, 4.69) is 30.7 Å². The molecule has 0 spiro atoms. The molecule has 0 amide bonds. The maximum atomic E-state index is 13.4. The first-order chi connectivity index (χ1) is 15.6. The van der Waals surface area contributed by atoms with Gasteiger partial charge in [0.1, 0.15) is 0 Å². The van der Waals surface area contributed by atoms with Gasteiger partial charge < -0.3 is 10.0 Å². The van der Waals surface area contributed by atoms with Crippen molar-refractivity contribution in [2.45, 2.75) is 83.7 Å². The van der Waals surface area contributed by atoms with Crippen LogP contribution in [-0.4, -0.2) is 44.9 Å². The fourth-order valence-electron chi connectivity index (χ4n) is 3.96. The maximum absolute atomic E-state index is 13.4. The number of halogens is 1. The number of aromatic hydroxyl groups is 1. The molecule has 1 N–H and O–H groups in total. The van der Waals surface area contributed by atoms with Crippen molar-refractivity contribution in [1.29, 1.82) is 0 Å². The van der Waals surface area contributed by atoms with E-state index in [1.54, 1.807) is 16.3 Å². The molecule has 0 atom stereocenters. The van der Waals surface area contributed by atoms with Gasteiger partial charge in [0.05, 0.1) is 11.3 Å². The molecule has 0 fully saturated rings. The Morgan fingerprint density at radius 2 is 1.55 bits per heavy atom. The van der Waals surface area contributed by atoms with Gasteiger partial charge >= 0.3 is 0 Å². The van der Waals surface area contributed by atoms with Crippen LogP contribution in [-0.2, 0) is 6.42 Å². The zero-order valence-corrected chi connectivity index (χ0v) is 22.2. The zero-order valence-electron chi connectivity index (χ0n) is 20.6. The second-order valence-electron chi connectivity index (χ2n) is 8.38. The van der Waals surface area contributed by atoms with Gasteiger partial charge in [-0.05, 0) is 50.9 Å². The molecule has 0 bridgehead atoms. The van der Waals surface area contributed by atoms with Crippen molar-refractivity contribution in [2.75, 3.05) is 25.4 Å². The predicted molar refractivity (Wildman–Crippen MR) is 144 cm³/mol. The number of nitrogens with zero attached hydrogens (tertiary/aromatic N) is 3. The van der Waals surface area contributed by atoms with Crippen molar-refractivity contribution >= 4 is 24.2 Å². The third kappa shape index (κ3) is 9.71. The summed E-state index contributed by atoms with van der Waals surface area (Å²) in [7, 11) is 0. The first kappa shape index (κ1) is 29.5. The highest BCUT2D eigenvalue weighted by Gasteiger charge is 2.18. The standard InChI is InChI=1S/C26H41N3O2S.ClH/c1-4-7-8-9-10-14-17-23-24(30)27-26(32-21-20-28(18-5-2)19-6-3)29(25(23)31)22-15-12-11-13-16-22;/h11-13,15-16,30H,4-10,14,17-21H2,1-3H3;1H. The average molecular weight is 496 g/mol. The Morgan fingerprint density at radius 1 is 0.909 bits per heavy atom. The molecular weight excluding hydrogens is 454 g/mol. The van der Waals surface area contributed by atoms with Crippen LogP contribution in [0.2, 0.25) is 0 Å². The van der Waals surface area contributed by atoms with Crippen LogP contribution >= 0.6 is 24.2 Å². The van der Waals surface area contributed by atoms with E-state index in [1.165, 1.54) is 25.7 Å². The largest absolute Gasteiger partial charge is 0.493 e. The number of unbranched alkanes of at least 4 members (excludes halogenated alkanes) is 5. The molecule has 186 valence electrons. The van der Waals surface area contributed by atoms with E-state index in [-0.39, 0.29) is 23.8 Å². The van der Waals surface area contributed by atoms with Gasteiger partial charge in [0, 0.05) is 12.3 Å². The molecular formula is C26H42ClN3O2S. The Kier molecular flexibility index (Phi) is 15.2. The number of hydrogen-bond acceptors (Lipinski definition) is 5. The number of benzene rings is 1. The number of hydrogen-bond donors (Lipinski definition) is 1. The topological polar surface area (TPSA) is 58.4 Å². The molecule has 5 nitrogen and oxygen atoms in total. The highest BCUT2D eigenvalue weighted by Crippen LogP contribution is 2.24. The normalized spacial score (nSPS) is 11.0. The van der Waals surface area contributed by atoms with Crippen LogP contribution in [0.15, 0.2) is 40.3 Å². The minimum absolute atomic E-state index is 0. The molecule has 0 radical (unpaired) electrons. The monoisotopic (exact) mass is 495 g/mol. The SMILES string of the molecule is CCCCCCCCc1c(O)nc(SCCN(CCC)CCC)n(-c2ccccc2)c1=O.Cl. The van der Waals surface area contributed by atoms with Gasteiger partial charge in [-0.2, -0.15) is 4.98 Å². The Bertz CT molecular complexity index is 839. The molecule has 0 unspecified atom stereocenters. The molecule has 2 rings (SSSR count). The van der Waals surface area contributed by atoms with Gasteiger partial charge in [0.25, 0.3) is 5.56 Å². The second-order valence-corrected chi connectivity index (χ2v) is 9.44. The molecule has 1 heterocycles. The third-order valence-corrected chi connectivity index (χ3v) is 6.56. The molecule has 1 aromatic carbocycles. The Morgan fingerprint density at radius 3 is 2.18 bits per heavy atom. The Hall–Kier alpha value is -1.50. The molecule has 0 aliphatic carbocycles. The first-order valence-electron chi connectivity index (χ1n) is 12.4. The molecule has 0 aliphatic rings. The van der Waals surface area contributed by atoms with E-state index in [9.17, 15) is 9.90 Å². The molecule has 0 saturated carbocycles. The van der Waals surface area contributed by atoms with Crippen molar-refractivity contribution < 1.29 is 5.11 Å². The summed E-state index contributed by atoms with van der Waals surface area (Å²) < 4.78 is 1.68. The van der Waals surface area contributed by atoms with E-state index in [1.807, 2.05) is 30.3 Å². The number of para-hydroxylation sites is 1. The lowest BCUT2D eigenvalue weighted by atomic mass is 10.1. The van der Waals surface area contributed by atoms with Crippen molar-refractivity contribution in [2.24, 2.45) is 0 Å². The smallest absolute Gasteiger partial charge is 0.265 e. The summed E-state index contributed by atoms with van der Waals surface area (Å²) >= 11 is 1.55. The second kappa shape index (κ2) is 17.0. The lowest BCUT2D eigenvalue weighted by molar-refractivity contribution is 0.292. The van der Waals surface area contributed by atoms with Crippen LogP contribution < -0.4 is 5.56 Å². The summed E-state index contributed by atoms with van der Waals surface area (Å²) in [4.78, 5) is 20.4. The highest BCUT2D eigenvalue weighted by molar-refractivity contribution is 7.99. The van der Waals surface area contributed by atoms with Crippen molar-refractivity contribution in [3.05, 3.63) is 46.2 Å². The molecule has 0 saturated heterocycles. The van der Waals surface area contributed by atoms with Crippen LogP contribution in [0.4, 0.5) is 0 Å². The van der Waals surface area contributed by atoms with Crippen LogP contribution in [0.1, 0.15) is 77.7 Å². The summed E-state index contributed by atoms with van der Waals surface area (Å²) in [6.45, 7) is 9.71. The average Bonchev–Trinajstić information content (AvgIpc) is 2.79. The quantitative estimate of drug-likeness (QED) is 0.164.